The van der Waals surface area contributed by atoms with E-state index in [1.807, 2.05) is 6.07 Å². The highest BCUT2D eigenvalue weighted by atomic mass is 16.6. The number of ether oxygens (including phenoxy) is 4. The van der Waals surface area contributed by atoms with Crippen LogP contribution in [0.2, 0.25) is 0 Å². The van der Waals surface area contributed by atoms with Gasteiger partial charge in [-0.3, -0.25) is 0 Å². The molecule has 0 amide bonds. The zero-order valence-electron chi connectivity index (χ0n) is 38.9. The van der Waals surface area contributed by atoms with E-state index in [4.69, 9.17) is 18.9 Å². The van der Waals surface area contributed by atoms with Gasteiger partial charge in [-0.25, -0.2) is 9.59 Å². The number of carbonyl (C=O) groups excluding carboxylic acids is 2. The standard InChI is InChI=1S/C55H76O8/c1-7-8-13-41-16-18-42(19-17-41)43-20-22-44(23-21-43)45-24-26-49(40(6)34-45)48-36-51(50(15-10-9-11-28-56)53(37-48)61-31-33-63-55(59)39(4)5)46-25-27-52(47(35-46)14-12-29-57)60-30-32-62-54(58)38(2)3/h24-27,34-37,41-44,56-57H,2,4,7-23,28-33H2,1,3,5-6H3. The van der Waals surface area contributed by atoms with Gasteiger partial charge in [0, 0.05) is 29.9 Å². The molecule has 0 radical (unpaired) electrons. The molecule has 0 atom stereocenters. The molecule has 0 saturated heterocycles. The molecule has 0 unspecified atom stereocenters. The number of carbonyl (C=O) groups is 2. The van der Waals surface area contributed by atoms with Crippen molar-refractivity contribution in [3.63, 3.8) is 0 Å². The highest BCUT2D eigenvalue weighted by molar-refractivity contribution is 5.87. The fourth-order valence-electron chi connectivity index (χ4n) is 9.84. The summed E-state index contributed by atoms with van der Waals surface area (Å²) in [5.74, 6) is 3.85. The molecule has 344 valence electrons. The van der Waals surface area contributed by atoms with Crippen LogP contribution in [0.3, 0.4) is 0 Å². The number of benzene rings is 3. The number of aryl methyl sites for hydroxylation is 2. The first-order chi connectivity index (χ1) is 30.5. The molecule has 2 N–H and O–H groups in total. The normalized spacial score (nSPS) is 18.7. The largest absolute Gasteiger partial charge is 0.490 e. The molecule has 0 bridgehead atoms. The number of unbranched alkanes of at least 4 members (excludes halogenated alkanes) is 3. The summed E-state index contributed by atoms with van der Waals surface area (Å²) < 4.78 is 23.4. The van der Waals surface area contributed by atoms with E-state index in [9.17, 15) is 19.8 Å². The molecule has 2 aliphatic carbocycles. The van der Waals surface area contributed by atoms with Crippen LogP contribution < -0.4 is 9.47 Å². The van der Waals surface area contributed by atoms with Gasteiger partial charge >= 0.3 is 11.9 Å². The average Bonchev–Trinajstić information content (AvgIpc) is 3.29. The molecule has 0 heterocycles. The first-order valence-corrected chi connectivity index (χ1v) is 24.1. The lowest BCUT2D eigenvalue weighted by atomic mass is 9.68. The molecule has 2 fully saturated rings. The van der Waals surface area contributed by atoms with Crippen molar-refractivity contribution in [2.75, 3.05) is 39.6 Å². The van der Waals surface area contributed by atoms with Gasteiger partial charge in [0.05, 0.1) is 0 Å². The van der Waals surface area contributed by atoms with Crippen LogP contribution in [0.5, 0.6) is 11.5 Å². The average molecular weight is 865 g/mol. The number of esters is 2. The van der Waals surface area contributed by atoms with E-state index in [1.54, 1.807) is 13.8 Å². The van der Waals surface area contributed by atoms with E-state index in [1.165, 1.54) is 81.8 Å². The van der Waals surface area contributed by atoms with Crippen LogP contribution in [0.1, 0.15) is 145 Å². The maximum absolute atomic E-state index is 12.2. The zero-order valence-corrected chi connectivity index (χ0v) is 38.9. The van der Waals surface area contributed by atoms with Crippen molar-refractivity contribution in [3.8, 4) is 33.8 Å². The second-order valence-electron chi connectivity index (χ2n) is 18.3. The van der Waals surface area contributed by atoms with E-state index in [0.29, 0.717) is 42.1 Å². The summed E-state index contributed by atoms with van der Waals surface area (Å²) in [4.78, 5) is 24.2. The summed E-state index contributed by atoms with van der Waals surface area (Å²) >= 11 is 0. The quantitative estimate of drug-likeness (QED) is 0.0492. The van der Waals surface area contributed by atoms with Gasteiger partial charge in [-0.05, 0) is 178 Å². The number of rotatable bonds is 25. The Hall–Kier alpha value is -4.40. The van der Waals surface area contributed by atoms with Crippen LogP contribution in [0.15, 0.2) is 72.8 Å². The zero-order chi connectivity index (χ0) is 45.1. The first kappa shape index (κ1) is 49.6. The van der Waals surface area contributed by atoms with E-state index in [2.05, 4.69) is 69.5 Å². The van der Waals surface area contributed by atoms with Gasteiger partial charge in [0.1, 0.15) is 37.9 Å². The molecule has 3 aromatic rings. The summed E-state index contributed by atoms with van der Waals surface area (Å²) in [6.45, 7) is 15.8. The molecule has 2 saturated carbocycles. The lowest BCUT2D eigenvalue weighted by molar-refractivity contribution is -0.140. The summed E-state index contributed by atoms with van der Waals surface area (Å²) in [5.41, 5.74) is 9.51. The van der Waals surface area contributed by atoms with Crippen molar-refractivity contribution in [1.29, 1.82) is 0 Å². The summed E-state index contributed by atoms with van der Waals surface area (Å²) in [5, 5.41) is 19.4. The molecule has 0 aliphatic heterocycles. The van der Waals surface area contributed by atoms with E-state index >= 15 is 0 Å². The van der Waals surface area contributed by atoms with Crippen molar-refractivity contribution >= 4 is 11.9 Å². The van der Waals surface area contributed by atoms with Gasteiger partial charge in [-0.15, -0.1) is 0 Å². The van der Waals surface area contributed by atoms with Crippen LogP contribution in [-0.2, 0) is 31.9 Å². The molecule has 5 rings (SSSR count). The highest BCUT2D eigenvalue weighted by Crippen LogP contribution is 2.46. The lowest BCUT2D eigenvalue weighted by Gasteiger charge is -2.38. The smallest absolute Gasteiger partial charge is 0.333 e. The van der Waals surface area contributed by atoms with Crippen LogP contribution >= 0.6 is 0 Å². The van der Waals surface area contributed by atoms with Crippen molar-refractivity contribution in [2.45, 2.75) is 143 Å². The SMILES string of the molecule is C=C(C)C(=O)OCCOc1ccc(-c2cc(-c3ccc(C4CCC(C5CCC(CCCC)CC5)CC4)cc3C)cc(OCCOC(=O)C(=C)C)c2CCCCCO)cc1CCCO. The second kappa shape index (κ2) is 25.8. The maximum Gasteiger partial charge on any atom is 0.333 e. The Morgan fingerprint density at radius 2 is 1.27 bits per heavy atom. The van der Waals surface area contributed by atoms with Crippen LogP contribution in [0, 0.1) is 24.7 Å². The Labute approximate surface area is 378 Å². The molecular weight excluding hydrogens is 789 g/mol. The Kier molecular flexibility index (Phi) is 20.3. The number of aliphatic hydroxyl groups excluding tert-OH is 2. The van der Waals surface area contributed by atoms with Crippen LogP contribution in [0.4, 0.5) is 0 Å². The molecular formula is C55H76O8. The molecule has 63 heavy (non-hydrogen) atoms. The van der Waals surface area contributed by atoms with Gasteiger partial charge < -0.3 is 29.2 Å². The number of hydrogen-bond acceptors (Lipinski definition) is 8. The van der Waals surface area contributed by atoms with Crippen molar-refractivity contribution in [3.05, 3.63) is 95.1 Å². The minimum absolute atomic E-state index is 0.0379. The van der Waals surface area contributed by atoms with Crippen molar-refractivity contribution in [2.24, 2.45) is 17.8 Å². The Bertz CT molecular complexity index is 1950. The van der Waals surface area contributed by atoms with Crippen molar-refractivity contribution in [1.82, 2.24) is 0 Å². The predicted molar refractivity (Wildman–Crippen MR) is 254 cm³/mol. The number of hydrogen-bond donors (Lipinski definition) is 2. The first-order valence-electron chi connectivity index (χ1n) is 24.1. The fraction of sp³-hybridized carbons (Fsp3) is 0.564. The molecule has 8 nitrogen and oxygen atoms in total. The minimum atomic E-state index is -0.453. The van der Waals surface area contributed by atoms with E-state index in [0.717, 1.165) is 76.1 Å². The Morgan fingerprint density at radius 1 is 0.635 bits per heavy atom. The maximum atomic E-state index is 12.2. The van der Waals surface area contributed by atoms with Crippen LogP contribution in [0.25, 0.3) is 22.3 Å². The third-order valence-electron chi connectivity index (χ3n) is 13.4. The topological polar surface area (TPSA) is 112 Å². The molecule has 0 aromatic heterocycles. The van der Waals surface area contributed by atoms with Gasteiger partial charge in [-0.2, -0.15) is 0 Å². The van der Waals surface area contributed by atoms with Crippen molar-refractivity contribution < 1.29 is 38.7 Å². The predicted octanol–water partition coefficient (Wildman–Crippen LogP) is 12.2. The van der Waals surface area contributed by atoms with Crippen LogP contribution in [-0.4, -0.2) is 61.8 Å². The second-order valence-corrected chi connectivity index (χ2v) is 18.3. The minimum Gasteiger partial charge on any atom is -0.490 e. The highest BCUT2D eigenvalue weighted by Gasteiger charge is 2.31. The molecule has 3 aromatic carbocycles. The van der Waals surface area contributed by atoms with Gasteiger partial charge in [0.15, 0.2) is 0 Å². The van der Waals surface area contributed by atoms with Gasteiger partial charge in [0.25, 0.3) is 0 Å². The third kappa shape index (κ3) is 14.8. The van der Waals surface area contributed by atoms with Gasteiger partial charge in [0.2, 0.25) is 0 Å². The lowest BCUT2D eigenvalue weighted by Crippen LogP contribution is -2.25. The molecule has 0 spiro atoms. The van der Waals surface area contributed by atoms with E-state index in [-0.39, 0.29) is 39.6 Å². The third-order valence-corrected chi connectivity index (χ3v) is 13.4. The fourth-order valence-corrected chi connectivity index (χ4v) is 9.84. The van der Waals surface area contributed by atoms with Gasteiger partial charge in [-0.1, -0.05) is 82.9 Å². The summed E-state index contributed by atoms with van der Waals surface area (Å²) in [6, 6.07) is 17.6. The number of aliphatic hydroxyl groups is 2. The Balaban J connectivity index is 1.44. The molecule has 8 heteroatoms. The monoisotopic (exact) mass is 865 g/mol. The van der Waals surface area contributed by atoms with E-state index < -0.39 is 11.9 Å². The summed E-state index contributed by atoms with van der Waals surface area (Å²) in [7, 11) is 0. The summed E-state index contributed by atoms with van der Waals surface area (Å²) in [6.07, 6.45) is 19.4. The molecule has 2 aliphatic rings. The Morgan fingerprint density at radius 3 is 1.87 bits per heavy atom.